The molecule has 0 unspecified atom stereocenters. The summed E-state index contributed by atoms with van der Waals surface area (Å²) in [7, 11) is 1.19. The Bertz CT molecular complexity index is 292. The fraction of sp³-hybridized carbons (Fsp3) is 0.700. The van der Waals surface area contributed by atoms with Gasteiger partial charge in [0.25, 0.3) is 0 Å². The van der Waals surface area contributed by atoms with E-state index in [0.717, 1.165) is 0 Å². The van der Waals surface area contributed by atoms with Crippen molar-refractivity contribution in [2.45, 2.75) is 25.8 Å². The quantitative estimate of drug-likeness (QED) is 0.667. The average molecular weight is 229 g/mol. The molecule has 2 atom stereocenters. The number of rotatable bonds is 2. The molecule has 0 saturated carbocycles. The summed E-state index contributed by atoms with van der Waals surface area (Å²) in [6, 6.07) is -0.992. The number of aliphatic carboxylic acids is 1. The van der Waals surface area contributed by atoms with E-state index in [9.17, 15) is 14.4 Å². The van der Waals surface area contributed by atoms with Gasteiger partial charge in [-0.25, -0.2) is 4.79 Å². The molecule has 1 amide bonds. The molecule has 0 aromatic heterocycles. The highest BCUT2D eigenvalue weighted by molar-refractivity contribution is 5.88. The van der Waals surface area contributed by atoms with Gasteiger partial charge in [-0.05, 0) is 12.8 Å². The summed E-state index contributed by atoms with van der Waals surface area (Å²) in [5, 5.41) is 9.01. The highest BCUT2D eigenvalue weighted by atomic mass is 16.5. The van der Waals surface area contributed by atoms with E-state index in [1.165, 1.54) is 18.9 Å². The van der Waals surface area contributed by atoms with Gasteiger partial charge < -0.3 is 14.7 Å². The number of esters is 1. The Morgan fingerprint density at radius 1 is 1.38 bits per heavy atom. The standard InChI is InChI=1S/C10H15NO5/c1-6(12)11-5-3-4-7(9(13)14)8(11)10(15)16-2/h7-8H,3-5H2,1-2H3,(H,13,14)/t7-,8+/m0/s1. The minimum Gasteiger partial charge on any atom is -0.481 e. The second-order valence-corrected chi connectivity index (χ2v) is 3.77. The molecule has 0 spiro atoms. The fourth-order valence-corrected chi connectivity index (χ4v) is 2.02. The van der Waals surface area contributed by atoms with Crippen molar-refractivity contribution in [1.29, 1.82) is 0 Å². The first-order valence-electron chi connectivity index (χ1n) is 5.07. The largest absolute Gasteiger partial charge is 0.481 e. The van der Waals surface area contributed by atoms with Crippen LogP contribution in [0.5, 0.6) is 0 Å². The number of nitrogens with zero attached hydrogens (tertiary/aromatic N) is 1. The van der Waals surface area contributed by atoms with E-state index in [2.05, 4.69) is 4.74 Å². The van der Waals surface area contributed by atoms with E-state index in [-0.39, 0.29) is 5.91 Å². The van der Waals surface area contributed by atoms with E-state index in [4.69, 9.17) is 5.11 Å². The Balaban J connectivity index is 2.98. The van der Waals surface area contributed by atoms with Crippen LogP contribution in [0.4, 0.5) is 0 Å². The van der Waals surface area contributed by atoms with Crippen molar-refractivity contribution in [3.05, 3.63) is 0 Å². The predicted octanol–water partition coefficient (Wildman–Crippen LogP) is -0.129. The van der Waals surface area contributed by atoms with Crippen molar-refractivity contribution in [3.8, 4) is 0 Å². The number of methoxy groups -OCH3 is 1. The molecule has 6 nitrogen and oxygen atoms in total. The molecule has 0 bridgehead atoms. The fourth-order valence-electron chi connectivity index (χ4n) is 2.02. The maximum atomic E-state index is 11.5. The van der Waals surface area contributed by atoms with Gasteiger partial charge in [0, 0.05) is 13.5 Å². The van der Waals surface area contributed by atoms with Crippen molar-refractivity contribution in [2.75, 3.05) is 13.7 Å². The van der Waals surface area contributed by atoms with Gasteiger partial charge in [0.05, 0.1) is 13.0 Å². The number of ether oxygens (including phenoxy) is 1. The maximum Gasteiger partial charge on any atom is 0.329 e. The van der Waals surface area contributed by atoms with Crippen LogP contribution in [0.2, 0.25) is 0 Å². The number of carboxylic acids is 1. The van der Waals surface area contributed by atoms with Crippen molar-refractivity contribution in [3.63, 3.8) is 0 Å². The van der Waals surface area contributed by atoms with Gasteiger partial charge in [0.1, 0.15) is 6.04 Å². The predicted molar refractivity (Wildman–Crippen MR) is 53.6 cm³/mol. The van der Waals surface area contributed by atoms with Crippen molar-refractivity contribution in [1.82, 2.24) is 4.90 Å². The molecule has 1 aliphatic heterocycles. The van der Waals surface area contributed by atoms with Gasteiger partial charge in [-0.3, -0.25) is 9.59 Å². The van der Waals surface area contributed by atoms with E-state index in [0.29, 0.717) is 19.4 Å². The van der Waals surface area contributed by atoms with Crippen LogP contribution in [0.25, 0.3) is 0 Å². The monoisotopic (exact) mass is 229 g/mol. The molecule has 1 N–H and O–H groups in total. The highest BCUT2D eigenvalue weighted by Crippen LogP contribution is 2.25. The Morgan fingerprint density at radius 2 is 2.00 bits per heavy atom. The van der Waals surface area contributed by atoms with Crippen molar-refractivity contribution in [2.24, 2.45) is 5.92 Å². The second kappa shape index (κ2) is 4.96. The summed E-state index contributed by atoms with van der Waals surface area (Å²) in [5.41, 5.74) is 0. The lowest BCUT2D eigenvalue weighted by atomic mass is 9.89. The summed E-state index contributed by atoms with van der Waals surface area (Å²) in [5.74, 6) is -2.91. The minimum absolute atomic E-state index is 0.304. The van der Waals surface area contributed by atoms with Gasteiger partial charge in [0.15, 0.2) is 0 Å². The van der Waals surface area contributed by atoms with E-state index in [1.54, 1.807) is 0 Å². The van der Waals surface area contributed by atoms with Crippen LogP contribution in [0.3, 0.4) is 0 Å². The summed E-state index contributed by atoms with van der Waals surface area (Å²) in [6.45, 7) is 1.72. The van der Waals surface area contributed by atoms with Crippen molar-refractivity contribution >= 4 is 17.8 Å². The van der Waals surface area contributed by atoms with Gasteiger partial charge in [-0.2, -0.15) is 0 Å². The maximum absolute atomic E-state index is 11.5. The third-order valence-corrected chi connectivity index (χ3v) is 2.80. The first-order chi connectivity index (χ1) is 7.49. The zero-order chi connectivity index (χ0) is 12.3. The number of hydrogen-bond acceptors (Lipinski definition) is 4. The summed E-state index contributed by atoms with van der Waals surface area (Å²) < 4.78 is 4.55. The molecule has 90 valence electrons. The Labute approximate surface area is 93.2 Å². The lowest BCUT2D eigenvalue weighted by Crippen LogP contribution is -2.54. The van der Waals surface area contributed by atoms with Gasteiger partial charge >= 0.3 is 11.9 Å². The molecule has 0 aromatic rings. The zero-order valence-corrected chi connectivity index (χ0v) is 9.30. The molecular weight excluding hydrogens is 214 g/mol. The van der Waals surface area contributed by atoms with E-state index in [1.807, 2.05) is 0 Å². The Morgan fingerprint density at radius 3 is 2.44 bits per heavy atom. The third-order valence-electron chi connectivity index (χ3n) is 2.80. The minimum atomic E-state index is -1.07. The molecule has 1 fully saturated rings. The number of likely N-dealkylation sites (tertiary alicyclic amines) is 1. The molecule has 0 aliphatic carbocycles. The van der Waals surface area contributed by atoms with E-state index >= 15 is 0 Å². The molecule has 16 heavy (non-hydrogen) atoms. The normalized spacial score (nSPS) is 25.0. The smallest absolute Gasteiger partial charge is 0.329 e. The molecule has 1 saturated heterocycles. The van der Waals surface area contributed by atoms with Crippen LogP contribution in [0.15, 0.2) is 0 Å². The van der Waals surface area contributed by atoms with E-state index < -0.39 is 23.9 Å². The molecule has 0 aromatic carbocycles. The van der Waals surface area contributed by atoms with Crippen LogP contribution >= 0.6 is 0 Å². The third kappa shape index (κ3) is 2.32. The first kappa shape index (κ1) is 12.5. The molecule has 1 aliphatic rings. The van der Waals surface area contributed by atoms with Gasteiger partial charge in [0.2, 0.25) is 5.91 Å². The number of carbonyl (C=O) groups excluding carboxylic acids is 2. The van der Waals surface area contributed by atoms with Crippen LogP contribution < -0.4 is 0 Å². The average Bonchev–Trinajstić information content (AvgIpc) is 2.26. The molecule has 1 heterocycles. The van der Waals surface area contributed by atoms with Crippen LogP contribution in [0, 0.1) is 5.92 Å². The lowest BCUT2D eigenvalue weighted by molar-refractivity contribution is -0.163. The summed E-state index contributed by atoms with van der Waals surface area (Å²) in [4.78, 5) is 35.1. The Kier molecular flexibility index (Phi) is 3.87. The number of hydrogen-bond donors (Lipinski definition) is 1. The number of piperidine rings is 1. The SMILES string of the molecule is COC(=O)[C@H]1[C@@H](C(=O)O)CCCN1C(C)=O. The molecule has 6 heteroatoms. The summed E-state index contributed by atoms with van der Waals surface area (Å²) in [6.07, 6.45) is 0.975. The molecular formula is C10H15NO5. The first-order valence-corrected chi connectivity index (χ1v) is 5.07. The number of carboxylic acid groups (broad SMARTS) is 1. The number of amides is 1. The summed E-state index contributed by atoms with van der Waals surface area (Å²) >= 11 is 0. The van der Waals surface area contributed by atoms with Crippen LogP contribution in [-0.2, 0) is 19.1 Å². The second-order valence-electron chi connectivity index (χ2n) is 3.77. The lowest BCUT2D eigenvalue weighted by Gasteiger charge is -2.36. The molecule has 1 rings (SSSR count). The van der Waals surface area contributed by atoms with Crippen LogP contribution in [0.1, 0.15) is 19.8 Å². The van der Waals surface area contributed by atoms with Crippen molar-refractivity contribution < 1.29 is 24.2 Å². The Hall–Kier alpha value is -1.59. The molecule has 0 radical (unpaired) electrons. The van der Waals surface area contributed by atoms with Gasteiger partial charge in [-0.1, -0.05) is 0 Å². The zero-order valence-electron chi connectivity index (χ0n) is 9.30. The van der Waals surface area contributed by atoms with Crippen LogP contribution in [-0.4, -0.2) is 47.5 Å². The van der Waals surface area contributed by atoms with Gasteiger partial charge in [-0.15, -0.1) is 0 Å². The topological polar surface area (TPSA) is 83.9 Å². The number of carbonyl (C=O) groups is 3. The highest BCUT2D eigenvalue weighted by Gasteiger charge is 2.42.